The molecule has 1 fully saturated rings. The van der Waals surface area contributed by atoms with Crippen LogP contribution >= 0.6 is 11.3 Å². The first-order valence-electron chi connectivity index (χ1n) is 9.76. The number of rotatable bonds is 8. The fourth-order valence-corrected chi connectivity index (χ4v) is 4.07. The van der Waals surface area contributed by atoms with Gasteiger partial charge in [0.2, 0.25) is 0 Å². The zero-order chi connectivity index (χ0) is 20.7. The summed E-state index contributed by atoms with van der Waals surface area (Å²) in [4.78, 5) is 10.5. The Bertz CT molecular complexity index is 775. The minimum Gasteiger partial charge on any atom is -0.469 e. The number of nitrogens with zero attached hydrogens (tertiary/aromatic N) is 3. The summed E-state index contributed by atoms with van der Waals surface area (Å²) in [6, 6.07) is 4.18. The lowest BCUT2D eigenvalue weighted by Crippen LogP contribution is -2.45. The van der Waals surface area contributed by atoms with Crippen LogP contribution in [0.25, 0.3) is 0 Å². The van der Waals surface area contributed by atoms with E-state index in [0.717, 1.165) is 48.5 Å². The quantitative estimate of drug-likeness (QED) is 0.497. The van der Waals surface area contributed by atoms with Gasteiger partial charge in [0.05, 0.1) is 12.8 Å². The number of hydrogen-bond acceptors (Lipinski definition) is 5. The molecule has 3 rings (SSSR count). The number of alkyl halides is 3. The molecule has 1 atom stereocenters. The maximum atomic E-state index is 12.7. The number of aliphatic imine (C=N–C) groups is 1. The number of nitrogens with one attached hydrogen (secondary N) is 2. The first kappa shape index (κ1) is 21.6. The lowest BCUT2D eigenvalue weighted by molar-refractivity contribution is -0.140. The SMILES string of the molecule is CCN1CCCC1CNC(=NCc1nc(C(F)(F)F)cs1)NCCc1ccco1. The molecule has 0 aromatic carbocycles. The molecule has 1 aliphatic heterocycles. The van der Waals surface area contributed by atoms with Crippen molar-refractivity contribution in [2.45, 2.75) is 44.9 Å². The molecule has 3 heterocycles. The van der Waals surface area contributed by atoms with Crippen LogP contribution in [-0.2, 0) is 19.1 Å². The summed E-state index contributed by atoms with van der Waals surface area (Å²) in [5.41, 5.74) is -0.863. The van der Waals surface area contributed by atoms with Crippen LogP contribution in [0, 0.1) is 0 Å². The molecule has 1 unspecified atom stereocenters. The Morgan fingerprint density at radius 2 is 2.28 bits per heavy atom. The smallest absolute Gasteiger partial charge is 0.434 e. The predicted molar refractivity (Wildman–Crippen MR) is 107 cm³/mol. The van der Waals surface area contributed by atoms with E-state index in [4.69, 9.17) is 4.42 Å². The third-order valence-corrected chi connectivity index (χ3v) is 5.70. The molecule has 0 radical (unpaired) electrons. The summed E-state index contributed by atoms with van der Waals surface area (Å²) in [5.74, 6) is 1.43. The maximum Gasteiger partial charge on any atom is 0.434 e. The van der Waals surface area contributed by atoms with Crippen molar-refractivity contribution in [2.24, 2.45) is 4.99 Å². The first-order valence-corrected chi connectivity index (χ1v) is 10.6. The van der Waals surface area contributed by atoms with Crippen LogP contribution in [0.4, 0.5) is 13.2 Å². The summed E-state index contributed by atoms with van der Waals surface area (Å²) in [7, 11) is 0. The Kier molecular flexibility index (Phi) is 7.54. The van der Waals surface area contributed by atoms with Gasteiger partial charge in [-0.3, -0.25) is 4.90 Å². The Morgan fingerprint density at radius 3 is 2.97 bits per heavy atom. The summed E-state index contributed by atoms with van der Waals surface area (Å²) in [6.07, 6.45) is 0.198. The van der Waals surface area contributed by atoms with E-state index >= 15 is 0 Å². The van der Waals surface area contributed by atoms with Crippen molar-refractivity contribution < 1.29 is 17.6 Å². The first-order chi connectivity index (χ1) is 14.0. The van der Waals surface area contributed by atoms with Gasteiger partial charge in [-0.25, -0.2) is 9.98 Å². The van der Waals surface area contributed by atoms with E-state index in [0.29, 0.717) is 30.0 Å². The summed E-state index contributed by atoms with van der Waals surface area (Å²) in [6.45, 7) is 5.69. The second kappa shape index (κ2) is 10.1. The molecular formula is C19H26F3N5OS. The minimum absolute atomic E-state index is 0.0962. The van der Waals surface area contributed by atoms with Crippen molar-refractivity contribution in [3.63, 3.8) is 0 Å². The van der Waals surface area contributed by atoms with Gasteiger partial charge in [-0.1, -0.05) is 6.92 Å². The fourth-order valence-electron chi connectivity index (χ4n) is 3.35. The molecule has 0 saturated carbocycles. The number of guanidine groups is 1. The van der Waals surface area contributed by atoms with Gasteiger partial charge in [-0.05, 0) is 38.1 Å². The second-order valence-corrected chi connectivity index (χ2v) is 7.79. The molecule has 1 aliphatic rings. The molecule has 160 valence electrons. The maximum absolute atomic E-state index is 12.7. The van der Waals surface area contributed by atoms with Crippen molar-refractivity contribution in [2.75, 3.05) is 26.2 Å². The third kappa shape index (κ3) is 6.46. The van der Waals surface area contributed by atoms with Gasteiger partial charge in [-0.15, -0.1) is 11.3 Å². The highest BCUT2D eigenvalue weighted by Crippen LogP contribution is 2.30. The standard InChI is InChI=1S/C19H26F3N5OS/c1-2-27-9-3-5-14(27)11-24-18(23-8-7-15-6-4-10-28-15)25-12-17-26-16(13-29-17)19(20,21)22/h4,6,10,13-14H,2-3,5,7-9,11-12H2,1H3,(H2,23,24,25). The lowest BCUT2D eigenvalue weighted by atomic mass is 10.2. The molecule has 0 bridgehead atoms. The Hall–Kier alpha value is -2.07. The second-order valence-electron chi connectivity index (χ2n) is 6.85. The molecule has 6 nitrogen and oxygen atoms in total. The normalized spacial score (nSPS) is 18.3. The van der Waals surface area contributed by atoms with Crippen molar-refractivity contribution in [3.05, 3.63) is 40.2 Å². The van der Waals surface area contributed by atoms with Crippen molar-refractivity contribution in [1.29, 1.82) is 0 Å². The largest absolute Gasteiger partial charge is 0.469 e. The highest BCUT2D eigenvalue weighted by Gasteiger charge is 2.33. The number of likely N-dealkylation sites (N-methyl/N-ethyl adjacent to an activating group) is 1. The van der Waals surface area contributed by atoms with E-state index in [9.17, 15) is 13.2 Å². The monoisotopic (exact) mass is 429 g/mol. The molecule has 0 aliphatic carbocycles. The Labute approximate surface area is 172 Å². The van der Waals surface area contributed by atoms with E-state index in [2.05, 4.69) is 32.4 Å². The van der Waals surface area contributed by atoms with Crippen LogP contribution in [0.2, 0.25) is 0 Å². The van der Waals surface area contributed by atoms with E-state index in [1.165, 1.54) is 6.42 Å². The molecule has 29 heavy (non-hydrogen) atoms. The molecule has 2 N–H and O–H groups in total. The number of hydrogen-bond donors (Lipinski definition) is 2. The van der Waals surface area contributed by atoms with Gasteiger partial charge in [0.25, 0.3) is 0 Å². The van der Waals surface area contributed by atoms with Crippen LogP contribution in [0.1, 0.15) is 36.2 Å². The van der Waals surface area contributed by atoms with Gasteiger partial charge >= 0.3 is 6.18 Å². The van der Waals surface area contributed by atoms with Crippen molar-refractivity contribution in [1.82, 2.24) is 20.5 Å². The Morgan fingerprint density at radius 1 is 1.41 bits per heavy atom. The lowest BCUT2D eigenvalue weighted by Gasteiger charge is -2.24. The van der Waals surface area contributed by atoms with E-state index in [1.807, 2.05) is 12.1 Å². The fraction of sp³-hybridized carbons (Fsp3) is 0.579. The van der Waals surface area contributed by atoms with E-state index in [1.54, 1.807) is 6.26 Å². The van der Waals surface area contributed by atoms with Crippen LogP contribution in [0.15, 0.2) is 33.2 Å². The van der Waals surface area contributed by atoms with E-state index in [-0.39, 0.29) is 6.54 Å². The highest BCUT2D eigenvalue weighted by molar-refractivity contribution is 7.09. The summed E-state index contributed by atoms with van der Waals surface area (Å²) >= 11 is 0.971. The van der Waals surface area contributed by atoms with Gasteiger partial charge in [-0.2, -0.15) is 13.2 Å². The van der Waals surface area contributed by atoms with Gasteiger partial charge in [0.15, 0.2) is 11.7 Å². The average Bonchev–Trinajstić information content (AvgIpc) is 3.44. The van der Waals surface area contributed by atoms with Gasteiger partial charge in [0.1, 0.15) is 10.8 Å². The predicted octanol–water partition coefficient (Wildman–Crippen LogP) is 3.52. The number of likely N-dealkylation sites (tertiary alicyclic amines) is 1. The van der Waals surface area contributed by atoms with Gasteiger partial charge in [0, 0.05) is 30.9 Å². The molecular weight excluding hydrogens is 403 g/mol. The summed E-state index contributed by atoms with van der Waals surface area (Å²) in [5, 5.41) is 7.93. The van der Waals surface area contributed by atoms with Crippen LogP contribution < -0.4 is 10.6 Å². The van der Waals surface area contributed by atoms with E-state index < -0.39 is 11.9 Å². The topological polar surface area (TPSA) is 65.7 Å². The highest BCUT2D eigenvalue weighted by atomic mass is 32.1. The molecule has 1 saturated heterocycles. The van der Waals surface area contributed by atoms with Crippen LogP contribution in [0.3, 0.4) is 0 Å². The minimum atomic E-state index is -4.42. The zero-order valence-corrected chi connectivity index (χ0v) is 17.2. The Balaban J connectivity index is 1.59. The third-order valence-electron chi connectivity index (χ3n) is 4.87. The molecule has 2 aromatic rings. The van der Waals surface area contributed by atoms with Crippen LogP contribution in [0.5, 0.6) is 0 Å². The van der Waals surface area contributed by atoms with Crippen LogP contribution in [-0.4, -0.2) is 48.1 Å². The number of aromatic nitrogens is 1. The molecule has 10 heteroatoms. The molecule has 0 amide bonds. The average molecular weight is 430 g/mol. The van der Waals surface area contributed by atoms with Gasteiger partial charge < -0.3 is 15.1 Å². The number of halogens is 3. The van der Waals surface area contributed by atoms with Crippen molar-refractivity contribution >= 4 is 17.3 Å². The summed E-state index contributed by atoms with van der Waals surface area (Å²) < 4.78 is 43.5. The zero-order valence-electron chi connectivity index (χ0n) is 16.3. The molecule has 0 spiro atoms. The number of furan rings is 1. The molecule has 2 aromatic heterocycles. The van der Waals surface area contributed by atoms with Crippen molar-refractivity contribution in [3.8, 4) is 0 Å². The number of thiazole rings is 1.